The van der Waals surface area contributed by atoms with Gasteiger partial charge in [-0.05, 0) is 59.9 Å². The molecule has 0 aliphatic heterocycles. The molecule has 0 unspecified atom stereocenters. The maximum atomic E-state index is 13.1. The van der Waals surface area contributed by atoms with Crippen molar-refractivity contribution in [1.29, 1.82) is 0 Å². The molecule has 3 aromatic carbocycles. The van der Waals surface area contributed by atoms with E-state index in [9.17, 15) is 14.0 Å². The normalized spacial score (nSPS) is 12.7. The fraction of sp³-hybridized carbons (Fsp3) is 0.130. The largest absolute Gasteiger partial charge is 0.321 e. The number of benzene rings is 3. The van der Waals surface area contributed by atoms with E-state index < -0.39 is 5.82 Å². The van der Waals surface area contributed by atoms with Crippen molar-refractivity contribution >= 4 is 17.4 Å². The molecule has 1 amide bonds. The van der Waals surface area contributed by atoms with E-state index in [1.165, 1.54) is 29.8 Å². The number of amides is 1. The molecular formula is C23H18FNO2. The SMILES string of the molecule is O=C(Nc1ccc(Cc2ccccc2)c2c1C(=O)CC2)c1ccc(F)cc1. The Morgan fingerprint density at radius 2 is 1.67 bits per heavy atom. The van der Waals surface area contributed by atoms with Gasteiger partial charge in [-0.1, -0.05) is 36.4 Å². The van der Waals surface area contributed by atoms with Crippen LogP contribution in [0.3, 0.4) is 0 Å². The molecular weight excluding hydrogens is 341 g/mol. The number of halogens is 1. The lowest BCUT2D eigenvalue weighted by molar-refractivity contribution is 0.0995. The molecule has 0 bridgehead atoms. The number of hydrogen-bond acceptors (Lipinski definition) is 2. The quantitative estimate of drug-likeness (QED) is 0.727. The minimum atomic E-state index is -0.395. The number of anilines is 1. The molecule has 4 heteroatoms. The fourth-order valence-electron chi connectivity index (χ4n) is 3.54. The molecule has 0 radical (unpaired) electrons. The predicted octanol–water partition coefficient (Wildman–Crippen LogP) is 4.80. The second-order valence-electron chi connectivity index (χ2n) is 6.67. The Morgan fingerprint density at radius 1 is 0.926 bits per heavy atom. The van der Waals surface area contributed by atoms with Crippen LogP contribution in [0.25, 0.3) is 0 Å². The second-order valence-corrected chi connectivity index (χ2v) is 6.67. The summed E-state index contributed by atoms with van der Waals surface area (Å²) in [4.78, 5) is 24.9. The molecule has 0 saturated heterocycles. The van der Waals surface area contributed by atoms with Crippen LogP contribution in [-0.2, 0) is 12.8 Å². The zero-order valence-electron chi connectivity index (χ0n) is 14.7. The Morgan fingerprint density at radius 3 is 2.41 bits per heavy atom. The molecule has 0 spiro atoms. The van der Waals surface area contributed by atoms with Crippen LogP contribution in [0.2, 0.25) is 0 Å². The zero-order chi connectivity index (χ0) is 18.8. The van der Waals surface area contributed by atoms with E-state index in [-0.39, 0.29) is 11.7 Å². The van der Waals surface area contributed by atoms with E-state index in [0.29, 0.717) is 29.7 Å². The lowest BCUT2D eigenvalue weighted by Gasteiger charge is -2.14. The summed E-state index contributed by atoms with van der Waals surface area (Å²) in [6, 6.07) is 19.2. The van der Waals surface area contributed by atoms with Gasteiger partial charge in [-0.3, -0.25) is 9.59 Å². The molecule has 1 aliphatic rings. The van der Waals surface area contributed by atoms with Crippen molar-refractivity contribution in [1.82, 2.24) is 0 Å². The highest BCUT2D eigenvalue weighted by Gasteiger charge is 2.26. The summed E-state index contributed by atoms with van der Waals surface area (Å²) >= 11 is 0. The number of rotatable bonds is 4. The highest BCUT2D eigenvalue weighted by atomic mass is 19.1. The van der Waals surface area contributed by atoms with Crippen molar-refractivity contribution in [3.63, 3.8) is 0 Å². The lowest BCUT2D eigenvalue weighted by Crippen LogP contribution is -2.14. The van der Waals surface area contributed by atoms with Gasteiger partial charge in [0.15, 0.2) is 5.78 Å². The van der Waals surface area contributed by atoms with Crippen molar-refractivity contribution in [3.05, 3.63) is 100 Å². The first-order valence-corrected chi connectivity index (χ1v) is 8.90. The van der Waals surface area contributed by atoms with E-state index >= 15 is 0 Å². The standard InChI is InChI=1S/C23H18FNO2/c24-18-9-6-16(7-10-18)23(27)25-20-12-8-17(14-15-4-2-1-3-5-15)19-11-13-21(26)22(19)20/h1-10,12H,11,13-14H2,(H,25,27). The highest BCUT2D eigenvalue weighted by molar-refractivity contribution is 6.11. The van der Waals surface area contributed by atoms with Crippen LogP contribution in [0.5, 0.6) is 0 Å². The van der Waals surface area contributed by atoms with Gasteiger partial charge in [-0.2, -0.15) is 0 Å². The first-order valence-electron chi connectivity index (χ1n) is 8.90. The molecule has 134 valence electrons. The van der Waals surface area contributed by atoms with Crippen LogP contribution >= 0.6 is 0 Å². The minimum absolute atomic E-state index is 0.0503. The molecule has 1 aliphatic carbocycles. The van der Waals surface area contributed by atoms with E-state index in [0.717, 1.165) is 17.5 Å². The van der Waals surface area contributed by atoms with Crippen molar-refractivity contribution in [2.75, 3.05) is 5.32 Å². The third kappa shape index (κ3) is 3.51. The summed E-state index contributed by atoms with van der Waals surface area (Å²) in [5.41, 5.74) is 4.80. The van der Waals surface area contributed by atoms with Crippen molar-refractivity contribution in [2.45, 2.75) is 19.3 Å². The molecule has 0 fully saturated rings. The smallest absolute Gasteiger partial charge is 0.255 e. The van der Waals surface area contributed by atoms with Crippen molar-refractivity contribution < 1.29 is 14.0 Å². The fourth-order valence-corrected chi connectivity index (χ4v) is 3.54. The molecule has 1 N–H and O–H groups in total. The van der Waals surface area contributed by atoms with E-state index in [1.807, 2.05) is 24.3 Å². The number of carbonyl (C=O) groups is 2. The maximum absolute atomic E-state index is 13.1. The molecule has 4 rings (SSSR count). The van der Waals surface area contributed by atoms with Gasteiger partial charge in [0.05, 0.1) is 5.69 Å². The first kappa shape index (κ1) is 17.2. The van der Waals surface area contributed by atoms with Crippen molar-refractivity contribution in [3.8, 4) is 0 Å². The number of carbonyl (C=O) groups excluding carboxylic acids is 2. The summed E-state index contributed by atoms with van der Waals surface area (Å²) in [6.07, 6.45) is 1.90. The molecule has 3 nitrogen and oxygen atoms in total. The average molecular weight is 359 g/mol. The number of Topliss-reactive ketones (excluding diaryl/α,β-unsaturated/α-hetero) is 1. The summed E-state index contributed by atoms with van der Waals surface area (Å²) in [6.45, 7) is 0. The summed E-state index contributed by atoms with van der Waals surface area (Å²) in [7, 11) is 0. The molecule has 0 atom stereocenters. The monoisotopic (exact) mass is 359 g/mol. The number of ketones is 1. The van der Waals surface area contributed by atoms with Crippen LogP contribution in [0.15, 0.2) is 66.7 Å². The zero-order valence-corrected chi connectivity index (χ0v) is 14.7. The Kier molecular flexibility index (Phi) is 4.55. The third-order valence-corrected chi connectivity index (χ3v) is 4.88. The minimum Gasteiger partial charge on any atom is -0.321 e. The first-order chi connectivity index (χ1) is 13.1. The summed E-state index contributed by atoms with van der Waals surface area (Å²) < 4.78 is 13.1. The van der Waals surface area contributed by atoms with Gasteiger partial charge in [0.25, 0.3) is 5.91 Å². The lowest BCUT2D eigenvalue weighted by atomic mass is 9.96. The van der Waals surface area contributed by atoms with Gasteiger partial charge in [0.2, 0.25) is 0 Å². The Balaban J connectivity index is 1.64. The van der Waals surface area contributed by atoms with Gasteiger partial charge >= 0.3 is 0 Å². The molecule has 0 saturated carbocycles. The van der Waals surface area contributed by atoms with Gasteiger partial charge in [0.1, 0.15) is 5.82 Å². The predicted molar refractivity (Wildman–Crippen MR) is 103 cm³/mol. The van der Waals surface area contributed by atoms with Crippen LogP contribution in [0.4, 0.5) is 10.1 Å². The topological polar surface area (TPSA) is 46.2 Å². The molecule has 3 aromatic rings. The molecule has 0 heterocycles. The number of fused-ring (bicyclic) bond motifs is 1. The van der Waals surface area contributed by atoms with Crippen LogP contribution in [-0.4, -0.2) is 11.7 Å². The Bertz CT molecular complexity index is 1010. The van der Waals surface area contributed by atoms with Crippen molar-refractivity contribution in [2.24, 2.45) is 0 Å². The number of hydrogen-bond donors (Lipinski definition) is 1. The van der Waals surface area contributed by atoms with Gasteiger partial charge in [-0.25, -0.2) is 4.39 Å². The Hall–Kier alpha value is -3.27. The average Bonchev–Trinajstić information content (AvgIpc) is 3.07. The maximum Gasteiger partial charge on any atom is 0.255 e. The molecule has 27 heavy (non-hydrogen) atoms. The van der Waals surface area contributed by atoms with Crippen LogP contribution in [0, 0.1) is 5.82 Å². The van der Waals surface area contributed by atoms with Gasteiger partial charge in [0, 0.05) is 17.5 Å². The van der Waals surface area contributed by atoms with E-state index in [4.69, 9.17) is 0 Å². The molecule has 0 aromatic heterocycles. The van der Waals surface area contributed by atoms with Crippen LogP contribution < -0.4 is 5.32 Å². The third-order valence-electron chi connectivity index (χ3n) is 4.88. The van der Waals surface area contributed by atoms with Gasteiger partial charge in [-0.15, -0.1) is 0 Å². The number of nitrogens with one attached hydrogen (secondary N) is 1. The Labute approximate surface area is 156 Å². The van der Waals surface area contributed by atoms with Crippen LogP contribution in [0.1, 0.15) is 43.8 Å². The highest BCUT2D eigenvalue weighted by Crippen LogP contribution is 2.33. The van der Waals surface area contributed by atoms with E-state index in [2.05, 4.69) is 17.4 Å². The second kappa shape index (κ2) is 7.16. The summed E-state index contributed by atoms with van der Waals surface area (Å²) in [5, 5.41) is 2.82. The van der Waals surface area contributed by atoms with E-state index in [1.54, 1.807) is 6.07 Å². The summed E-state index contributed by atoms with van der Waals surface area (Å²) in [5.74, 6) is -0.699. The van der Waals surface area contributed by atoms with Gasteiger partial charge < -0.3 is 5.32 Å².